The molecule has 1 aromatic carbocycles. The molecule has 1 rings (SSSR count). The van der Waals surface area contributed by atoms with Crippen LogP contribution in [0.25, 0.3) is 0 Å². The first-order valence-electron chi connectivity index (χ1n) is 8.18. The van der Waals surface area contributed by atoms with Crippen LogP contribution in [0.5, 0.6) is 5.75 Å². The van der Waals surface area contributed by atoms with Gasteiger partial charge in [-0.1, -0.05) is 0 Å². The lowest BCUT2D eigenvalue weighted by Crippen LogP contribution is -2.45. The van der Waals surface area contributed by atoms with E-state index in [-0.39, 0.29) is 5.91 Å². The number of rotatable bonds is 7. The second-order valence-electron chi connectivity index (χ2n) is 6.61. The van der Waals surface area contributed by atoms with Crippen molar-refractivity contribution in [1.29, 1.82) is 0 Å². The molecule has 0 aliphatic heterocycles. The van der Waals surface area contributed by atoms with Gasteiger partial charge < -0.3 is 20.1 Å². The zero-order valence-electron chi connectivity index (χ0n) is 15.8. The summed E-state index contributed by atoms with van der Waals surface area (Å²) < 4.78 is 10.5. The molecular weight excluding hydrogens is 356 g/mol. The first-order valence-corrected chi connectivity index (χ1v) is 9.58. The highest BCUT2D eigenvalue weighted by Gasteiger charge is 2.25. The fourth-order valence-electron chi connectivity index (χ4n) is 1.93. The van der Waals surface area contributed by atoms with E-state index in [1.165, 1.54) is 6.92 Å². The molecule has 0 unspecified atom stereocenters. The molecule has 0 bridgehead atoms. The van der Waals surface area contributed by atoms with E-state index in [4.69, 9.17) is 9.47 Å². The van der Waals surface area contributed by atoms with Gasteiger partial charge in [0.2, 0.25) is 5.91 Å². The largest absolute Gasteiger partial charge is 0.444 e. The van der Waals surface area contributed by atoms with Crippen molar-refractivity contribution in [3.63, 3.8) is 0 Å². The summed E-state index contributed by atoms with van der Waals surface area (Å²) in [5.74, 6) is 0.242. The molecule has 0 radical (unpaired) electrons. The molecular formula is C18H26N2O5S. The van der Waals surface area contributed by atoms with E-state index >= 15 is 0 Å². The summed E-state index contributed by atoms with van der Waals surface area (Å²) in [6, 6.07) is 5.59. The van der Waals surface area contributed by atoms with Gasteiger partial charge in [-0.3, -0.25) is 4.79 Å². The Kier molecular flexibility index (Phi) is 8.44. The van der Waals surface area contributed by atoms with Crippen molar-refractivity contribution in [2.45, 2.75) is 45.8 Å². The lowest BCUT2D eigenvalue weighted by atomic mass is 10.2. The fraction of sp³-hybridized carbons (Fsp3) is 0.500. The Labute approximate surface area is 158 Å². The minimum atomic E-state index is -0.813. The summed E-state index contributed by atoms with van der Waals surface area (Å²) in [5, 5.41) is 5.19. The van der Waals surface area contributed by atoms with E-state index in [1.54, 1.807) is 56.8 Å². The Balaban J connectivity index is 2.72. The quantitative estimate of drug-likeness (QED) is 0.556. The van der Waals surface area contributed by atoms with Crippen molar-refractivity contribution in [3.05, 3.63) is 24.3 Å². The number of esters is 1. The molecule has 2 N–H and O–H groups in total. The molecule has 0 saturated heterocycles. The van der Waals surface area contributed by atoms with E-state index in [1.807, 2.05) is 6.26 Å². The molecule has 0 saturated carbocycles. The fourth-order valence-corrected chi connectivity index (χ4v) is 2.40. The van der Waals surface area contributed by atoms with Crippen molar-refractivity contribution in [2.75, 3.05) is 17.3 Å². The SMILES string of the molecule is CSCC[C@H](NC(=O)OC(C)(C)C)C(=O)Oc1ccc(NC(C)=O)cc1. The third-order valence-corrected chi connectivity index (χ3v) is 3.62. The summed E-state index contributed by atoms with van der Waals surface area (Å²) in [6.45, 7) is 6.65. The maximum absolute atomic E-state index is 12.4. The van der Waals surface area contributed by atoms with Crippen LogP contribution in [0.15, 0.2) is 24.3 Å². The maximum Gasteiger partial charge on any atom is 0.408 e. The second kappa shape index (κ2) is 10.1. The van der Waals surface area contributed by atoms with E-state index < -0.39 is 23.7 Å². The highest BCUT2D eigenvalue weighted by molar-refractivity contribution is 7.98. The third kappa shape index (κ3) is 8.75. The molecule has 26 heavy (non-hydrogen) atoms. The predicted molar refractivity (Wildman–Crippen MR) is 103 cm³/mol. The van der Waals surface area contributed by atoms with Crippen LogP contribution in [-0.2, 0) is 14.3 Å². The van der Waals surface area contributed by atoms with Crippen LogP contribution in [0.1, 0.15) is 34.1 Å². The number of nitrogens with one attached hydrogen (secondary N) is 2. The number of hydrogen-bond acceptors (Lipinski definition) is 6. The van der Waals surface area contributed by atoms with Gasteiger partial charge in [0.05, 0.1) is 0 Å². The van der Waals surface area contributed by atoms with Crippen LogP contribution >= 0.6 is 11.8 Å². The van der Waals surface area contributed by atoms with Crippen molar-refractivity contribution in [3.8, 4) is 5.75 Å². The van der Waals surface area contributed by atoms with E-state index in [2.05, 4.69) is 10.6 Å². The number of alkyl carbamates (subject to hydrolysis) is 1. The molecule has 144 valence electrons. The highest BCUT2D eigenvalue weighted by atomic mass is 32.2. The van der Waals surface area contributed by atoms with Gasteiger partial charge in [-0.15, -0.1) is 0 Å². The normalized spacial score (nSPS) is 12.0. The van der Waals surface area contributed by atoms with Crippen molar-refractivity contribution in [1.82, 2.24) is 5.32 Å². The first-order chi connectivity index (χ1) is 12.1. The van der Waals surface area contributed by atoms with Crippen molar-refractivity contribution < 1.29 is 23.9 Å². The molecule has 0 aromatic heterocycles. The van der Waals surface area contributed by atoms with Crippen LogP contribution < -0.4 is 15.4 Å². The molecule has 0 aliphatic carbocycles. The number of carbonyl (C=O) groups is 3. The zero-order chi connectivity index (χ0) is 19.7. The Hall–Kier alpha value is -2.22. The Morgan fingerprint density at radius 1 is 1.15 bits per heavy atom. The molecule has 0 fully saturated rings. The maximum atomic E-state index is 12.4. The molecule has 7 nitrogen and oxygen atoms in total. The lowest BCUT2D eigenvalue weighted by molar-refractivity contribution is -0.136. The van der Waals surface area contributed by atoms with Gasteiger partial charge in [-0.2, -0.15) is 11.8 Å². The topological polar surface area (TPSA) is 93.7 Å². The number of ether oxygens (including phenoxy) is 2. The molecule has 1 aromatic rings. The van der Waals surface area contributed by atoms with Gasteiger partial charge in [0.15, 0.2) is 0 Å². The Bertz CT molecular complexity index is 625. The monoisotopic (exact) mass is 382 g/mol. The van der Waals surface area contributed by atoms with Gasteiger partial charge in [-0.25, -0.2) is 9.59 Å². The molecule has 2 amide bonds. The Morgan fingerprint density at radius 3 is 2.27 bits per heavy atom. The van der Waals surface area contributed by atoms with Gasteiger partial charge in [-0.05, 0) is 63.5 Å². The van der Waals surface area contributed by atoms with E-state index in [0.717, 1.165) is 0 Å². The minimum absolute atomic E-state index is 0.187. The van der Waals surface area contributed by atoms with Crippen molar-refractivity contribution in [2.24, 2.45) is 0 Å². The highest BCUT2D eigenvalue weighted by Crippen LogP contribution is 2.17. The summed E-state index contributed by atoms with van der Waals surface area (Å²) in [4.78, 5) is 35.4. The molecule has 0 heterocycles. The Morgan fingerprint density at radius 2 is 1.77 bits per heavy atom. The van der Waals surface area contributed by atoms with Gasteiger partial charge in [0.1, 0.15) is 17.4 Å². The van der Waals surface area contributed by atoms with Crippen molar-refractivity contribution >= 4 is 35.4 Å². The third-order valence-electron chi connectivity index (χ3n) is 2.98. The van der Waals surface area contributed by atoms with Crippen LogP contribution in [-0.4, -0.2) is 41.6 Å². The lowest BCUT2D eigenvalue weighted by Gasteiger charge is -2.22. The van der Waals surface area contributed by atoms with E-state index in [0.29, 0.717) is 23.6 Å². The number of amides is 2. The summed E-state index contributed by atoms with van der Waals surface area (Å²) in [5.41, 5.74) is -0.0551. The first kappa shape index (κ1) is 21.8. The van der Waals surface area contributed by atoms with Gasteiger partial charge >= 0.3 is 12.1 Å². The minimum Gasteiger partial charge on any atom is -0.444 e. The zero-order valence-corrected chi connectivity index (χ0v) is 16.6. The average Bonchev–Trinajstić information content (AvgIpc) is 2.51. The van der Waals surface area contributed by atoms with Gasteiger partial charge in [0.25, 0.3) is 0 Å². The molecule has 0 aliphatic rings. The number of benzene rings is 1. The molecule has 1 atom stereocenters. The number of hydrogen-bond donors (Lipinski definition) is 2. The summed E-state index contributed by atoms with van der Waals surface area (Å²) >= 11 is 1.56. The van der Waals surface area contributed by atoms with Crippen LogP contribution in [0.2, 0.25) is 0 Å². The summed E-state index contributed by atoms with van der Waals surface area (Å²) in [6.07, 6.45) is 1.67. The van der Waals surface area contributed by atoms with Crippen LogP contribution in [0, 0.1) is 0 Å². The van der Waals surface area contributed by atoms with Crippen LogP contribution in [0.3, 0.4) is 0 Å². The van der Waals surface area contributed by atoms with Crippen LogP contribution in [0.4, 0.5) is 10.5 Å². The number of carbonyl (C=O) groups excluding carboxylic acids is 3. The second-order valence-corrected chi connectivity index (χ2v) is 7.59. The predicted octanol–water partition coefficient (Wildman–Crippen LogP) is 3.20. The summed E-state index contributed by atoms with van der Waals surface area (Å²) in [7, 11) is 0. The van der Waals surface area contributed by atoms with E-state index in [9.17, 15) is 14.4 Å². The standard InChI is InChI=1S/C18H26N2O5S/c1-12(21)19-13-6-8-14(9-7-13)24-16(22)15(10-11-26-5)20-17(23)25-18(2,3)4/h6-9,15H,10-11H2,1-5H3,(H,19,21)(H,20,23)/t15-/m0/s1. The smallest absolute Gasteiger partial charge is 0.408 e. The molecule has 0 spiro atoms. The molecule has 8 heteroatoms. The number of thioether (sulfide) groups is 1. The number of anilines is 1. The van der Waals surface area contributed by atoms with Gasteiger partial charge in [0, 0.05) is 12.6 Å². The average molecular weight is 382 g/mol.